The summed E-state index contributed by atoms with van der Waals surface area (Å²) >= 11 is 0. The summed E-state index contributed by atoms with van der Waals surface area (Å²) in [6.07, 6.45) is 1.60. The van der Waals surface area contributed by atoms with Crippen LogP contribution in [0.5, 0.6) is 0 Å². The Balaban J connectivity index is 1.84. The lowest BCUT2D eigenvalue weighted by Crippen LogP contribution is -2.13. The van der Waals surface area contributed by atoms with Crippen molar-refractivity contribution in [3.63, 3.8) is 0 Å². The van der Waals surface area contributed by atoms with Crippen molar-refractivity contribution in [2.24, 2.45) is 0 Å². The van der Waals surface area contributed by atoms with Crippen molar-refractivity contribution in [1.29, 1.82) is 5.26 Å². The summed E-state index contributed by atoms with van der Waals surface area (Å²) in [6.45, 7) is 8.03. The standard InChI is InChI=1S/C26H25N3O3/c1-5-32-26(31)20-10-12-23(13-11-20)28-25(30)22(16-27)15-21-14-18(3)29(19(21)4)24-9-7-6-8-17(24)2/h6-15H,5H2,1-4H3,(H,28,30)/b22-15-. The molecule has 6 nitrogen and oxygen atoms in total. The first kappa shape index (κ1) is 22.6. The van der Waals surface area contributed by atoms with E-state index in [0.717, 1.165) is 28.2 Å². The minimum Gasteiger partial charge on any atom is -0.462 e. The van der Waals surface area contributed by atoms with E-state index < -0.39 is 11.9 Å². The lowest BCUT2D eigenvalue weighted by atomic mass is 10.1. The first-order valence-electron chi connectivity index (χ1n) is 10.3. The molecule has 0 spiro atoms. The Morgan fingerprint density at radius 2 is 1.78 bits per heavy atom. The van der Waals surface area contributed by atoms with Crippen molar-refractivity contribution in [3.05, 3.63) is 88.2 Å². The normalized spacial score (nSPS) is 11.0. The van der Waals surface area contributed by atoms with Crippen LogP contribution in [0.4, 0.5) is 5.69 Å². The highest BCUT2D eigenvalue weighted by Crippen LogP contribution is 2.25. The number of aryl methyl sites for hydroxylation is 2. The Morgan fingerprint density at radius 1 is 1.09 bits per heavy atom. The van der Waals surface area contributed by atoms with E-state index in [1.807, 2.05) is 57.2 Å². The van der Waals surface area contributed by atoms with Gasteiger partial charge in [0.1, 0.15) is 11.6 Å². The minimum absolute atomic E-state index is 0.00972. The first-order chi connectivity index (χ1) is 15.3. The van der Waals surface area contributed by atoms with Gasteiger partial charge in [0.25, 0.3) is 5.91 Å². The number of carbonyl (C=O) groups excluding carboxylic acids is 2. The number of amides is 1. The van der Waals surface area contributed by atoms with Crippen molar-refractivity contribution in [1.82, 2.24) is 4.57 Å². The maximum atomic E-state index is 12.7. The van der Waals surface area contributed by atoms with Crippen molar-refractivity contribution < 1.29 is 14.3 Å². The molecular formula is C26H25N3O3. The summed E-state index contributed by atoms with van der Waals surface area (Å²) in [4.78, 5) is 24.5. The predicted octanol–water partition coefficient (Wildman–Crippen LogP) is 5.12. The number of nitriles is 1. The average molecular weight is 428 g/mol. The van der Waals surface area contributed by atoms with Crippen LogP contribution >= 0.6 is 0 Å². The van der Waals surface area contributed by atoms with Gasteiger partial charge in [-0.3, -0.25) is 4.79 Å². The number of para-hydroxylation sites is 1. The minimum atomic E-state index is -0.517. The zero-order valence-corrected chi connectivity index (χ0v) is 18.6. The number of ether oxygens (including phenoxy) is 1. The molecule has 0 saturated carbocycles. The molecule has 1 amide bonds. The SMILES string of the molecule is CCOC(=O)c1ccc(NC(=O)/C(C#N)=C\c2cc(C)n(-c3ccccc3C)c2C)cc1. The highest BCUT2D eigenvalue weighted by atomic mass is 16.5. The molecule has 3 rings (SSSR count). The molecule has 0 bridgehead atoms. The van der Waals surface area contributed by atoms with E-state index in [0.29, 0.717) is 11.3 Å². The number of carbonyl (C=O) groups is 2. The van der Waals surface area contributed by atoms with E-state index in [9.17, 15) is 14.9 Å². The molecule has 6 heteroatoms. The second-order valence-corrected chi connectivity index (χ2v) is 7.37. The molecule has 0 radical (unpaired) electrons. The van der Waals surface area contributed by atoms with Gasteiger partial charge in [0.2, 0.25) is 0 Å². The number of hydrogen-bond acceptors (Lipinski definition) is 4. The van der Waals surface area contributed by atoms with E-state index in [4.69, 9.17) is 4.74 Å². The Labute approximate surface area is 187 Å². The molecule has 0 fully saturated rings. The van der Waals surface area contributed by atoms with Crippen LogP contribution in [0.25, 0.3) is 11.8 Å². The van der Waals surface area contributed by atoms with Gasteiger partial charge in [-0.2, -0.15) is 5.26 Å². The summed E-state index contributed by atoms with van der Waals surface area (Å²) in [5.74, 6) is -0.941. The number of esters is 1. The molecule has 1 aromatic heterocycles. The number of anilines is 1. The van der Waals surface area contributed by atoms with E-state index in [1.54, 1.807) is 37.3 Å². The fourth-order valence-electron chi connectivity index (χ4n) is 3.53. The van der Waals surface area contributed by atoms with Crippen LogP contribution in [0.15, 0.2) is 60.2 Å². The maximum absolute atomic E-state index is 12.7. The summed E-state index contributed by atoms with van der Waals surface area (Å²) in [7, 11) is 0. The second-order valence-electron chi connectivity index (χ2n) is 7.37. The number of hydrogen-bond donors (Lipinski definition) is 1. The van der Waals surface area contributed by atoms with Gasteiger partial charge in [0.05, 0.1) is 12.2 Å². The Kier molecular flexibility index (Phi) is 6.91. The van der Waals surface area contributed by atoms with E-state index >= 15 is 0 Å². The van der Waals surface area contributed by atoms with Crippen LogP contribution in [0.3, 0.4) is 0 Å². The molecule has 0 aliphatic rings. The monoisotopic (exact) mass is 427 g/mol. The maximum Gasteiger partial charge on any atom is 0.338 e. The van der Waals surface area contributed by atoms with Crippen LogP contribution in [-0.4, -0.2) is 23.1 Å². The van der Waals surface area contributed by atoms with Gasteiger partial charge in [-0.05, 0) is 81.3 Å². The molecule has 162 valence electrons. The fourth-order valence-corrected chi connectivity index (χ4v) is 3.53. The number of nitrogens with one attached hydrogen (secondary N) is 1. The summed E-state index contributed by atoms with van der Waals surface area (Å²) in [5, 5.41) is 12.3. The van der Waals surface area contributed by atoms with Gasteiger partial charge >= 0.3 is 5.97 Å². The molecule has 1 heterocycles. The third kappa shape index (κ3) is 4.79. The zero-order chi connectivity index (χ0) is 23.3. The zero-order valence-electron chi connectivity index (χ0n) is 18.6. The highest BCUT2D eigenvalue weighted by molar-refractivity contribution is 6.09. The predicted molar refractivity (Wildman–Crippen MR) is 125 cm³/mol. The Morgan fingerprint density at radius 3 is 2.41 bits per heavy atom. The van der Waals surface area contributed by atoms with Gasteiger partial charge in [0, 0.05) is 22.8 Å². The molecule has 0 saturated heterocycles. The molecule has 0 aliphatic carbocycles. The number of aromatic nitrogens is 1. The van der Waals surface area contributed by atoms with Crippen LogP contribution < -0.4 is 5.32 Å². The fraction of sp³-hybridized carbons (Fsp3) is 0.192. The van der Waals surface area contributed by atoms with Gasteiger partial charge < -0.3 is 14.6 Å². The van der Waals surface area contributed by atoms with Gasteiger partial charge in [-0.25, -0.2) is 4.79 Å². The van der Waals surface area contributed by atoms with Crippen molar-refractivity contribution in [2.75, 3.05) is 11.9 Å². The Bertz CT molecular complexity index is 1230. The molecule has 1 N–H and O–H groups in total. The van der Waals surface area contributed by atoms with E-state index in [-0.39, 0.29) is 12.2 Å². The van der Waals surface area contributed by atoms with Crippen LogP contribution in [0.2, 0.25) is 0 Å². The quantitative estimate of drug-likeness (QED) is 0.336. The lowest BCUT2D eigenvalue weighted by Gasteiger charge is -2.12. The highest BCUT2D eigenvalue weighted by Gasteiger charge is 2.15. The molecule has 2 aromatic carbocycles. The molecular weight excluding hydrogens is 402 g/mol. The van der Waals surface area contributed by atoms with Crippen LogP contribution in [0.1, 0.15) is 39.8 Å². The van der Waals surface area contributed by atoms with Gasteiger partial charge in [-0.15, -0.1) is 0 Å². The topological polar surface area (TPSA) is 84.1 Å². The van der Waals surface area contributed by atoms with Crippen LogP contribution in [-0.2, 0) is 9.53 Å². The number of rotatable bonds is 6. The first-order valence-corrected chi connectivity index (χ1v) is 10.3. The molecule has 0 unspecified atom stereocenters. The third-order valence-corrected chi connectivity index (χ3v) is 5.15. The lowest BCUT2D eigenvalue weighted by molar-refractivity contribution is -0.112. The van der Waals surface area contributed by atoms with Crippen molar-refractivity contribution in [3.8, 4) is 11.8 Å². The van der Waals surface area contributed by atoms with Crippen LogP contribution in [0, 0.1) is 32.1 Å². The third-order valence-electron chi connectivity index (χ3n) is 5.15. The largest absolute Gasteiger partial charge is 0.462 e. The average Bonchev–Trinajstić information content (AvgIpc) is 3.05. The molecule has 3 aromatic rings. The second kappa shape index (κ2) is 9.80. The molecule has 0 atom stereocenters. The smallest absolute Gasteiger partial charge is 0.338 e. The van der Waals surface area contributed by atoms with Gasteiger partial charge in [0.15, 0.2) is 0 Å². The summed E-state index contributed by atoms with van der Waals surface area (Å²) in [5.41, 5.74) is 5.81. The molecule has 32 heavy (non-hydrogen) atoms. The van der Waals surface area contributed by atoms with E-state index in [1.165, 1.54) is 0 Å². The van der Waals surface area contributed by atoms with Crippen molar-refractivity contribution >= 4 is 23.6 Å². The molecule has 0 aliphatic heterocycles. The Hall–Kier alpha value is -4.11. The summed E-state index contributed by atoms with van der Waals surface area (Å²) < 4.78 is 7.07. The number of benzene rings is 2. The summed E-state index contributed by atoms with van der Waals surface area (Å²) in [6, 6.07) is 18.4. The van der Waals surface area contributed by atoms with E-state index in [2.05, 4.69) is 9.88 Å². The van der Waals surface area contributed by atoms with Crippen molar-refractivity contribution in [2.45, 2.75) is 27.7 Å². The number of nitrogens with zero attached hydrogens (tertiary/aromatic N) is 2. The van der Waals surface area contributed by atoms with Gasteiger partial charge in [-0.1, -0.05) is 18.2 Å².